The Morgan fingerprint density at radius 2 is 2.40 bits per heavy atom. The molecule has 0 aliphatic heterocycles. The van der Waals surface area contributed by atoms with Gasteiger partial charge in [-0.15, -0.1) is 0 Å². The van der Waals surface area contributed by atoms with Crippen LogP contribution in [0.25, 0.3) is 0 Å². The van der Waals surface area contributed by atoms with Gasteiger partial charge in [-0.05, 0) is 0 Å². The summed E-state index contributed by atoms with van der Waals surface area (Å²) in [5.74, 6) is 1.35. The molecular weight excluding hydrogens is 148 g/mol. The van der Waals surface area contributed by atoms with Gasteiger partial charge in [0.25, 0.3) is 0 Å². The topological polar surface area (TPSA) is 38.9 Å². The van der Waals surface area contributed by atoms with E-state index in [-0.39, 0.29) is 5.25 Å². The van der Waals surface area contributed by atoms with Crippen LogP contribution in [0.1, 0.15) is 18.6 Å². The summed E-state index contributed by atoms with van der Waals surface area (Å²) in [6.45, 7) is 3.77. The van der Waals surface area contributed by atoms with Gasteiger partial charge in [-0.25, -0.2) is 0 Å². The van der Waals surface area contributed by atoms with Crippen molar-refractivity contribution in [2.75, 3.05) is 0 Å². The molecule has 0 fully saturated rings. The Bertz CT molecular complexity index is 209. The minimum Gasteiger partial charge on any atom is -0.340 e. The second-order valence-corrected chi connectivity index (χ2v) is 3.16. The summed E-state index contributed by atoms with van der Waals surface area (Å²) in [5, 5.41) is 4.01. The lowest BCUT2D eigenvalue weighted by molar-refractivity contribution is 0.387. The molecule has 1 heterocycles. The summed E-state index contributed by atoms with van der Waals surface area (Å²) >= 11 is 4.20. The third-order valence-electron chi connectivity index (χ3n) is 1.05. The van der Waals surface area contributed by atoms with Crippen molar-refractivity contribution in [3.8, 4) is 0 Å². The third kappa shape index (κ3) is 2.02. The average molecular weight is 158 g/mol. The standard InChI is InChI=1S/C6H10N2OS/c1-4(10)3-6-7-5(2)9-8-6/h4,10H,3H2,1-2H3. The zero-order chi connectivity index (χ0) is 7.56. The molecule has 0 radical (unpaired) electrons. The van der Waals surface area contributed by atoms with Crippen LogP contribution in [0.5, 0.6) is 0 Å². The van der Waals surface area contributed by atoms with E-state index in [9.17, 15) is 0 Å². The fourth-order valence-corrected chi connectivity index (χ4v) is 0.852. The largest absolute Gasteiger partial charge is 0.340 e. The molecule has 0 aliphatic rings. The Kier molecular flexibility index (Phi) is 2.32. The summed E-state index contributed by atoms with van der Waals surface area (Å²) < 4.78 is 4.77. The van der Waals surface area contributed by atoms with Crippen molar-refractivity contribution in [3.05, 3.63) is 11.7 Å². The first kappa shape index (κ1) is 7.60. The van der Waals surface area contributed by atoms with Crippen LogP contribution in [-0.4, -0.2) is 15.4 Å². The third-order valence-corrected chi connectivity index (χ3v) is 1.23. The second kappa shape index (κ2) is 3.05. The molecule has 1 atom stereocenters. The zero-order valence-electron chi connectivity index (χ0n) is 6.03. The highest BCUT2D eigenvalue weighted by Crippen LogP contribution is 2.02. The highest BCUT2D eigenvalue weighted by molar-refractivity contribution is 7.80. The van der Waals surface area contributed by atoms with Gasteiger partial charge in [0.2, 0.25) is 5.89 Å². The van der Waals surface area contributed by atoms with E-state index in [1.54, 1.807) is 6.92 Å². The number of nitrogens with zero attached hydrogens (tertiary/aromatic N) is 2. The molecule has 1 aromatic heterocycles. The van der Waals surface area contributed by atoms with Crippen molar-refractivity contribution < 1.29 is 4.52 Å². The lowest BCUT2D eigenvalue weighted by atomic mass is 10.3. The molecule has 1 aromatic rings. The Balaban J connectivity index is 2.58. The van der Waals surface area contributed by atoms with E-state index in [4.69, 9.17) is 4.52 Å². The quantitative estimate of drug-likeness (QED) is 0.658. The van der Waals surface area contributed by atoms with E-state index in [1.165, 1.54) is 0 Å². The molecule has 0 bridgehead atoms. The normalized spacial score (nSPS) is 13.5. The Morgan fingerprint density at radius 3 is 2.80 bits per heavy atom. The van der Waals surface area contributed by atoms with Gasteiger partial charge >= 0.3 is 0 Å². The first-order valence-electron chi connectivity index (χ1n) is 3.15. The van der Waals surface area contributed by atoms with Crippen molar-refractivity contribution in [1.82, 2.24) is 10.1 Å². The van der Waals surface area contributed by atoms with Gasteiger partial charge in [-0.1, -0.05) is 12.1 Å². The highest BCUT2D eigenvalue weighted by Gasteiger charge is 2.03. The van der Waals surface area contributed by atoms with Crippen molar-refractivity contribution in [2.45, 2.75) is 25.5 Å². The van der Waals surface area contributed by atoms with E-state index in [0.29, 0.717) is 5.89 Å². The van der Waals surface area contributed by atoms with Gasteiger partial charge in [0.05, 0.1) is 0 Å². The van der Waals surface area contributed by atoms with Crippen LogP contribution in [0.2, 0.25) is 0 Å². The van der Waals surface area contributed by atoms with Crippen molar-refractivity contribution in [1.29, 1.82) is 0 Å². The van der Waals surface area contributed by atoms with E-state index in [1.807, 2.05) is 6.92 Å². The predicted octanol–water partition coefficient (Wildman–Crippen LogP) is 1.24. The number of rotatable bonds is 2. The van der Waals surface area contributed by atoms with Crippen molar-refractivity contribution >= 4 is 12.6 Å². The molecule has 0 amide bonds. The summed E-state index contributed by atoms with van der Waals surface area (Å²) in [6.07, 6.45) is 0.764. The molecule has 0 aliphatic carbocycles. The minimum absolute atomic E-state index is 0.289. The van der Waals surface area contributed by atoms with E-state index >= 15 is 0 Å². The van der Waals surface area contributed by atoms with Gasteiger partial charge < -0.3 is 4.52 Å². The first-order valence-corrected chi connectivity index (χ1v) is 3.67. The van der Waals surface area contributed by atoms with Crippen LogP contribution < -0.4 is 0 Å². The predicted molar refractivity (Wildman–Crippen MR) is 41.2 cm³/mol. The van der Waals surface area contributed by atoms with Crippen LogP contribution in [0, 0.1) is 6.92 Å². The fraction of sp³-hybridized carbons (Fsp3) is 0.667. The molecular formula is C6H10N2OS. The van der Waals surface area contributed by atoms with Crippen LogP contribution in [0.15, 0.2) is 4.52 Å². The minimum atomic E-state index is 0.289. The average Bonchev–Trinajstić information content (AvgIpc) is 2.13. The number of hydrogen-bond donors (Lipinski definition) is 1. The van der Waals surface area contributed by atoms with Crippen molar-refractivity contribution in [2.24, 2.45) is 0 Å². The number of hydrogen-bond acceptors (Lipinski definition) is 4. The summed E-state index contributed by atoms with van der Waals surface area (Å²) in [6, 6.07) is 0. The van der Waals surface area contributed by atoms with Gasteiger partial charge in [0, 0.05) is 18.6 Å². The summed E-state index contributed by atoms with van der Waals surface area (Å²) in [5.41, 5.74) is 0. The first-order chi connectivity index (χ1) is 4.68. The second-order valence-electron chi connectivity index (χ2n) is 2.28. The molecule has 0 saturated carbocycles. The van der Waals surface area contributed by atoms with Crippen molar-refractivity contribution in [3.63, 3.8) is 0 Å². The maximum absolute atomic E-state index is 4.77. The molecule has 10 heavy (non-hydrogen) atoms. The van der Waals surface area contributed by atoms with Gasteiger partial charge in [-0.2, -0.15) is 17.6 Å². The summed E-state index contributed by atoms with van der Waals surface area (Å²) in [4.78, 5) is 4.02. The van der Waals surface area contributed by atoms with Gasteiger partial charge in [-0.3, -0.25) is 0 Å². The van der Waals surface area contributed by atoms with Crippen LogP contribution in [-0.2, 0) is 6.42 Å². The van der Waals surface area contributed by atoms with Gasteiger partial charge in [0.1, 0.15) is 0 Å². The highest BCUT2D eigenvalue weighted by atomic mass is 32.1. The lowest BCUT2D eigenvalue weighted by Gasteiger charge is -1.94. The summed E-state index contributed by atoms with van der Waals surface area (Å²) in [7, 11) is 0. The van der Waals surface area contributed by atoms with Crippen LogP contribution >= 0.6 is 12.6 Å². The molecule has 4 heteroatoms. The maximum Gasteiger partial charge on any atom is 0.223 e. The molecule has 1 unspecified atom stereocenters. The Hall–Kier alpha value is -0.510. The fourth-order valence-electron chi connectivity index (χ4n) is 0.688. The lowest BCUT2D eigenvalue weighted by Crippen LogP contribution is -1.98. The maximum atomic E-state index is 4.77. The number of aryl methyl sites for hydroxylation is 1. The van der Waals surface area contributed by atoms with Gasteiger partial charge in [0.15, 0.2) is 5.82 Å². The smallest absolute Gasteiger partial charge is 0.223 e. The van der Waals surface area contributed by atoms with E-state index < -0.39 is 0 Å². The monoisotopic (exact) mass is 158 g/mol. The van der Waals surface area contributed by atoms with E-state index in [0.717, 1.165) is 12.2 Å². The molecule has 0 N–H and O–H groups in total. The molecule has 0 spiro atoms. The van der Waals surface area contributed by atoms with Crippen LogP contribution in [0.4, 0.5) is 0 Å². The SMILES string of the molecule is Cc1nc(CC(C)S)no1. The zero-order valence-corrected chi connectivity index (χ0v) is 6.93. The number of thiol groups is 1. The van der Waals surface area contributed by atoms with Crippen LogP contribution in [0.3, 0.4) is 0 Å². The molecule has 3 nitrogen and oxygen atoms in total. The molecule has 1 rings (SSSR count). The Morgan fingerprint density at radius 1 is 1.70 bits per heavy atom. The Labute approximate surface area is 65.2 Å². The number of aromatic nitrogens is 2. The van der Waals surface area contributed by atoms with E-state index in [2.05, 4.69) is 22.8 Å². The molecule has 0 saturated heterocycles. The molecule has 0 aromatic carbocycles. The molecule has 56 valence electrons.